The van der Waals surface area contributed by atoms with E-state index in [2.05, 4.69) is 59.2 Å². The summed E-state index contributed by atoms with van der Waals surface area (Å²) in [6.07, 6.45) is 0. The van der Waals surface area contributed by atoms with Crippen LogP contribution in [0.2, 0.25) is 0 Å². The average molecular weight is 472 g/mol. The third kappa shape index (κ3) is 3.67. The van der Waals surface area contributed by atoms with Crippen molar-refractivity contribution >= 4 is 59.1 Å². The standard InChI is InChI=1S/C13H11Br3FNS/c1-2-18-12(11-6-9(15)13(16)19-11)7-3-4-8(14)10(17)5-7/h3-6,12,18H,2H2,1H3. The molecule has 6 heteroatoms. The monoisotopic (exact) mass is 469 g/mol. The van der Waals surface area contributed by atoms with E-state index in [9.17, 15) is 4.39 Å². The van der Waals surface area contributed by atoms with Gasteiger partial charge in [-0.15, -0.1) is 11.3 Å². The highest BCUT2D eigenvalue weighted by Gasteiger charge is 2.18. The second-order valence-corrected chi connectivity index (χ2v) is 8.04. The van der Waals surface area contributed by atoms with Gasteiger partial charge in [0.15, 0.2) is 0 Å². The summed E-state index contributed by atoms with van der Waals surface area (Å²) < 4.78 is 16.2. The molecule has 1 unspecified atom stereocenters. The van der Waals surface area contributed by atoms with Crippen LogP contribution in [-0.4, -0.2) is 6.54 Å². The molecular weight excluding hydrogens is 461 g/mol. The highest BCUT2D eigenvalue weighted by atomic mass is 79.9. The van der Waals surface area contributed by atoms with E-state index >= 15 is 0 Å². The zero-order chi connectivity index (χ0) is 14.0. The van der Waals surface area contributed by atoms with E-state index in [0.717, 1.165) is 25.2 Å². The van der Waals surface area contributed by atoms with Gasteiger partial charge < -0.3 is 5.32 Å². The van der Waals surface area contributed by atoms with Crippen LogP contribution in [0.4, 0.5) is 4.39 Å². The molecule has 0 saturated carbocycles. The summed E-state index contributed by atoms with van der Waals surface area (Å²) in [5, 5.41) is 3.39. The second kappa shape index (κ2) is 6.80. The van der Waals surface area contributed by atoms with Crippen LogP contribution in [0, 0.1) is 5.82 Å². The Balaban J connectivity index is 2.41. The number of nitrogens with one attached hydrogen (secondary N) is 1. The fourth-order valence-corrected chi connectivity index (χ4v) is 4.22. The van der Waals surface area contributed by atoms with Crippen molar-refractivity contribution in [2.24, 2.45) is 0 Å². The maximum absolute atomic E-state index is 13.7. The summed E-state index contributed by atoms with van der Waals surface area (Å²) in [4.78, 5) is 1.14. The summed E-state index contributed by atoms with van der Waals surface area (Å²) in [6, 6.07) is 7.30. The van der Waals surface area contributed by atoms with E-state index in [1.54, 1.807) is 23.5 Å². The Bertz CT molecular complexity index is 566. The number of hydrogen-bond acceptors (Lipinski definition) is 2. The lowest BCUT2D eigenvalue weighted by Gasteiger charge is -2.17. The molecule has 0 aliphatic heterocycles. The average Bonchev–Trinajstić information content (AvgIpc) is 2.70. The Morgan fingerprint density at radius 1 is 1.21 bits per heavy atom. The van der Waals surface area contributed by atoms with Gasteiger partial charge in [-0.25, -0.2) is 4.39 Å². The first kappa shape index (κ1) is 15.6. The van der Waals surface area contributed by atoms with Crippen molar-refractivity contribution in [2.45, 2.75) is 13.0 Å². The lowest BCUT2D eigenvalue weighted by molar-refractivity contribution is 0.602. The van der Waals surface area contributed by atoms with Gasteiger partial charge in [0.25, 0.3) is 0 Å². The van der Waals surface area contributed by atoms with E-state index in [0.29, 0.717) is 4.47 Å². The predicted molar refractivity (Wildman–Crippen MR) is 89.3 cm³/mol. The summed E-state index contributed by atoms with van der Waals surface area (Å²) in [7, 11) is 0. The molecule has 0 radical (unpaired) electrons. The van der Waals surface area contributed by atoms with Crippen LogP contribution < -0.4 is 5.32 Å². The molecule has 19 heavy (non-hydrogen) atoms. The molecule has 1 nitrogen and oxygen atoms in total. The fraction of sp³-hybridized carbons (Fsp3) is 0.231. The van der Waals surface area contributed by atoms with Gasteiger partial charge in [-0.3, -0.25) is 0 Å². The van der Waals surface area contributed by atoms with Gasteiger partial charge >= 0.3 is 0 Å². The smallest absolute Gasteiger partial charge is 0.137 e. The quantitative estimate of drug-likeness (QED) is 0.587. The van der Waals surface area contributed by atoms with Crippen LogP contribution in [0.25, 0.3) is 0 Å². The molecule has 0 amide bonds. The Hall–Kier alpha value is 0.250. The molecule has 1 aromatic carbocycles. The molecule has 1 aromatic heterocycles. The third-order valence-corrected chi connectivity index (χ3v) is 6.60. The van der Waals surface area contributed by atoms with Gasteiger partial charge in [0.05, 0.1) is 14.3 Å². The summed E-state index contributed by atoms with van der Waals surface area (Å²) in [5.41, 5.74) is 0.920. The van der Waals surface area contributed by atoms with Gasteiger partial charge in [0.2, 0.25) is 0 Å². The largest absolute Gasteiger partial charge is 0.306 e. The molecule has 0 saturated heterocycles. The maximum atomic E-state index is 13.7. The molecule has 0 fully saturated rings. The lowest BCUT2D eigenvalue weighted by atomic mass is 10.1. The number of thiophene rings is 1. The lowest BCUT2D eigenvalue weighted by Crippen LogP contribution is -2.21. The maximum Gasteiger partial charge on any atom is 0.137 e. The topological polar surface area (TPSA) is 12.0 Å². The predicted octanol–water partition coefficient (Wildman–Crippen LogP) is 5.87. The highest BCUT2D eigenvalue weighted by molar-refractivity contribution is 9.13. The fourth-order valence-electron chi connectivity index (χ4n) is 1.78. The molecule has 102 valence electrons. The summed E-state index contributed by atoms with van der Waals surface area (Å²) in [6.45, 7) is 2.86. The molecule has 1 N–H and O–H groups in total. The van der Waals surface area contributed by atoms with Gasteiger partial charge in [-0.05, 0) is 78.1 Å². The van der Waals surface area contributed by atoms with E-state index < -0.39 is 0 Å². The van der Waals surface area contributed by atoms with Gasteiger partial charge in [0.1, 0.15) is 5.82 Å². The number of halogens is 4. The molecule has 2 aromatic rings. The summed E-state index contributed by atoms with van der Waals surface area (Å²) in [5.74, 6) is -0.241. The van der Waals surface area contributed by atoms with Crippen molar-refractivity contribution < 1.29 is 4.39 Å². The number of hydrogen-bond donors (Lipinski definition) is 1. The minimum atomic E-state index is -0.241. The van der Waals surface area contributed by atoms with Gasteiger partial charge in [-0.1, -0.05) is 13.0 Å². The van der Waals surface area contributed by atoms with Gasteiger partial charge in [-0.2, -0.15) is 0 Å². The first-order valence-corrected chi connectivity index (χ1v) is 8.85. The molecular formula is C13H11Br3FNS. The molecule has 1 heterocycles. The van der Waals surface area contributed by atoms with Crippen LogP contribution in [-0.2, 0) is 0 Å². The summed E-state index contributed by atoms with van der Waals surface area (Å²) >= 11 is 11.8. The first-order valence-electron chi connectivity index (χ1n) is 5.66. The van der Waals surface area contributed by atoms with Crippen LogP contribution in [0.1, 0.15) is 23.4 Å². The molecule has 1 atom stereocenters. The molecule has 0 bridgehead atoms. The van der Waals surface area contributed by atoms with E-state index in [1.165, 1.54) is 0 Å². The Morgan fingerprint density at radius 3 is 2.47 bits per heavy atom. The van der Waals surface area contributed by atoms with Crippen LogP contribution >= 0.6 is 59.1 Å². The van der Waals surface area contributed by atoms with E-state index in [4.69, 9.17) is 0 Å². The Kier molecular flexibility index (Phi) is 5.60. The van der Waals surface area contributed by atoms with Crippen molar-refractivity contribution in [3.05, 3.63) is 53.3 Å². The van der Waals surface area contributed by atoms with Crippen molar-refractivity contribution in [3.8, 4) is 0 Å². The van der Waals surface area contributed by atoms with Crippen molar-refractivity contribution in [3.63, 3.8) is 0 Å². The Labute approximate surface area is 141 Å². The minimum Gasteiger partial charge on any atom is -0.306 e. The Morgan fingerprint density at radius 2 is 1.95 bits per heavy atom. The van der Waals surface area contributed by atoms with Crippen molar-refractivity contribution in [2.75, 3.05) is 6.54 Å². The normalized spacial score (nSPS) is 12.7. The second-order valence-electron chi connectivity index (χ2n) is 3.93. The van der Waals surface area contributed by atoms with Crippen LogP contribution in [0.3, 0.4) is 0 Å². The molecule has 0 spiro atoms. The molecule has 0 aliphatic rings. The van der Waals surface area contributed by atoms with Crippen LogP contribution in [0.5, 0.6) is 0 Å². The SMILES string of the molecule is CCNC(c1ccc(Br)c(F)c1)c1cc(Br)c(Br)s1. The van der Waals surface area contributed by atoms with Crippen molar-refractivity contribution in [1.82, 2.24) is 5.32 Å². The van der Waals surface area contributed by atoms with Crippen molar-refractivity contribution in [1.29, 1.82) is 0 Å². The highest BCUT2D eigenvalue weighted by Crippen LogP contribution is 2.38. The van der Waals surface area contributed by atoms with E-state index in [1.807, 2.05) is 13.0 Å². The molecule has 0 aliphatic carbocycles. The zero-order valence-corrected chi connectivity index (χ0v) is 15.6. The third-order valence-electron chi connectivity index (χ3n) is 2.63. The number of rotatable bonds is 4. The zero-order valence-electron chi connectivity index (χ0n) is 10.0. The van der Waals surface area contributed by atoms with E-state index in [-0.39, 0.29) is 11.9 Å². The molecule has 2 rings (SSSR count). The van der Waals surface area contributed by atoms with Crippen LogP contribution in [0.15, 0.2) is 37.0 Å². The van der Waals surface area contributed by atoms with Gasteiger partial charge in [0, 0.05) is 9.35 Å². The number of benzene rings is 1. The first-order chi connectivity index (χ1) is 9.02. The minimum absolute atomic E-state index is 0.000185.